The van der Waals surface area contributed by atoms with Crippen LogP contribution in [0.2, 0.25) is 0 Å². The Hall–Kier alpha value is -0.620. The van der Waals surface area contributed by atoms with Gasteiger partial charge in [0.1, 0.15) is 0 Å². The van der Waals surface area contributed by atoms with Crippen LogP contribution in [0.25, 0.3) is 0 Å². The molecule has 0 saturated heterocycles. The number of amides is 1. The average Bonchev–Trinajstić information content (AvgIpc) is 2.21. The number of rotatable bonds is 4. The molecule has 0 aliphatic rings. The Balaban J connectivity index is 2.62. The third-order valence-electron chi connectivity index (χ3n) is 2.29. The van der Waals surface area contributed by atoms with Gasteiger partial charge in [0.2, 0.25) is 5.91 Å². The second kappa shape index (κ2) is 5.63. The summed E-state index contributed by atoms with van der Waals surface area (Å²) in [5.74, 6) is -0.0315. The summed E-state index contributed by atoms with van der Waals surface area (Å²) < 4.78 is 6.24. The average molecular weight is 333 g/mol. The van der Waals surface area contributed by atoms with Crippen molar-refractivity contribution in [3.63, 3.8) is 0 Å². The number of nitrogens with one attached hydrogen (secondary N) is 1. The molecule has 1 rings (SSSR count). The second-order valence-corrected chi connectivity index (χ2v) is 5.33. The highest BCUT2D eigenvalue weighted by atomic mass is 127. The number of ether oxygens (including phenoxy) is 1. The van der Waals surface area contributed by atoms with Crippen molar-refractivity contribution >= 4 is 34.2 Å². The summed E-state index contributed by atoms with van der Waals surface area (Å²) in [6.45, 7) is 3.78. The number of halogens is 1. The van der Waals surface area contributed by atoms with Gasteiger partial charge in [-0.3, -0.25) is 4.79 Å². The van der Waals surface area contributed by atoms with Crippen molar-refractivity contribution in [3.8, 4) is 0 Å². The molecule has 4 heteroatoms. The van der Waals surface area contributed by atoms with E-state index in [4.69, 9.17) is 4.74 Å². The first-order chi connectivity index (χ1) is 7.44. The largest absolute Gasteiger partial charge is 0.378 e. The van der Waals surface area contributed by atoms with Crippen LogP contribution >= 0.6 is 22.6 Å². The molecular weight excluding hydrogens is 317 g/mol. The van der Waals surface area contributed by atoms with E-state index in [9.17, 15) is 4.79 Å². The molecule has 0 aliphatic heterocycles. The standard InChI is InChI=1S/C12H16INO2/c1-12(2,16-3)8-11(15)14-10-7-5-4-6-9(10)13/h4-7H,8H2,1-3H3,(H,14,15). The summed E-state index contributed by atoms with van der Waals surface area (Å²) in [4.78, 5) is 11.7. The van der Waals surface area contributed by atoms with Crippen molar-refractivity contribution < 1.29 is 9.53 Å². The van der Waals surface area contributed by atoms with E-state index in [2.05, 4.69) is 27.9 Å². The summed E-state index contributed by atoms with van der Waals surface area (Å²) >= 11 is 2.19. The lowest BCUT2D eigenvalue weighted by Gasteiger charge is -2.22. The first-order valence-corrected chi connectivity index (χ1v) is 6.12. The first kappa shape index (κ1) is 13.4. The van der Waals surface area contributed by atoms with Crippen LogP contribution in [0.15, 0.2) is 24.3 Å². The molecular formula is C12H16INO2. The van der Waals surface area contributed by atoms with Gasteiger partial charge in [-0.2, -0.15) is 0 Å². The zero-order valence-electron chi connectivity index (χ0n) is 9.71. The van der Waals surface area contributed by atoms with Gasteiger partial charge >= 0.3 is 0 Å². The maximum absolute atomic E-state index is 11.7. The normalized spacial score (nSPS) is 11.2. The Morgan fingerprint density at radius 2 is 2.06 bits per heavy atom. The van der Waals surface area contributed by atoms with Crippen LogP contribution < -0.4 is 5.32 Å². The molecule has 0 fully saturated rings. The number of para-hydroxylation sites is 1. The minimum Gasteiger partial charge on any atom is -0.378 e. The van der Waals surface area contributed by atoms with Gasteiger partial charge in [-0.1, -0.05) is 12.1 Å². The SMILES string of the molecule is COC(C)(C)CC(=O)Nc1ccccc1I. The van der Waals surface area contributed by atoms with Crippen molar-refractivity contribution in [1.29, 1.82) is 0 Å². The molecule has 0 aromatic heterocycles. The van der Waals surface area contributed by atoms with E-state index < -0.39 is 5.60 Å². The predicted octanol–water partition coefficient (Wildman–Crippen LogP) is 3.04. The van der Waals surface area contributed by atoms with Gasteiger partial charge in [0, 0.05) is 10.7 Å². The van der Waals surface area contributed by atoms with Crippen LogP contribution in [0.5, 0.6) is 0 Å². The lowest BCUT2D eigenvalue weighted by Crippen LogP contribution is -2.29. The quantitative estimate of drug-likeness (QED) is 0.860. The minimum absolute atomic E-state index is 0.0315. The third-order valence-corrected chi connectivity index (χ3v) is 3.23. The maximum atomic E-state index is 11.7. The molecule has 0 saturated carbocycles. The highest BCUT2D eigenvalue weighted by Crippen LogP contribution is 2.19. The van der Waals surface area contributed by atoms with Crippen molar-refractivity contribution in [3.05, 3.63) is 27.8 Å². The van der Waals surface area contributed by atoms with Gasteiger partial charge in [-0.15, -0.1) is 0 Å². The molecule has 1 amide bonds. The predicted molar refractivity (Wildman–Crippen MR) is 73.5 cm³/mol. The number of carbonyl (C=O) groups excluding carboxylic acids is 1. The molecule has 88 valence electrons. The maximum Gasteiger partial charge on any atom is 0.227 e. The van der Waals surface area contributed by atoms with E-state index in [0.29, 0.717) is 6.42 Å². The fourth-order valence-electron chi connectivity index (χ4n) is 1.22. The van der Waals surface area contributed by atoms with Crippen LogP contribution in [-0.4, -0.2) is 18.6 Å². The molecule has 0 bridgehead atoms. The Labute approximate surface area is 110 Å². The van der Waals surface area contributed by atoms with Gasteiger partial charge in [0.05, 0.1) is 17.7 Å². The highest BCUT2D eigenvalue weighted by Gasteiger charge is 2.21. The van der Waals surface area contributed by atoms with Gasteiger partial charge in [0.15, 0.2) is 0 Å². The van der Waals surface area contributed by atoms with Gasteiger partial charge in [0.25, 0.3) is 0 Å². The van der Waals surface area contributed by atoms with E-state index >= 15 is 0 Å². The Morgan fingerprint density at radius 3 is 2.62 bits per heavy atom. The molecule has 0 aliphatic carbocycles. The lowest BCUT2D eigenvalue weighted by molar-refractivity contribution is -0.121. The number of hydrogen-bond donors (Lipinski definition) is 1. The highest BCUT2D eigenvalue weighted by molar-refractivity contribution is 14.1. The number of anilines is 1. The Kier molecular flexibility index (Phi) is 4.73. The summed E-state index contributed by atoms with van der Waals surface area (Å²) in [5, 5.41) is 2.87. The molecule has 1 aromatic carbocycles. The van der Waals surface area contributed by atoms with Gasteiger partial charge in [-0.25, -0.2) is 0 Å². The summed E-state index contributed by atoms with van der Waals surface area (Å²) in [6, 6.07) is 7.69. The van der Waals surface area contributed by atoms with Crippen molar-refractivity contribution in [1.82, 2.24) is 0 Å². The van der Waals surface area contributed by atoms with Crippen molar-refractivity contribution in [2.45, 2.75) is 25.9 Å². The number of benzene rings is 1. The Bertz CT molecular complexity index is 377. The molecule has 1 N–H and O–H groups in total. The summed E-state index contributed by atoms with van der Waals surface area (Å²) in [7, 11) is 1.61. The molecule has 0 radical (unpaired) electrons. The molecule has 0 heterocycles. The molecule has 0 atom stereocenters. The van der Waals surface area contributed by atoms with Crippen molar-refractivity contribution in [2.75, 3.05) is 12.4 Å². The number of methoxy groups -OCH3 is 1. The van der Waals surface area contributed by atoms with Crippen LogP contribution in [-0.2, 0) is 9.53 Å². The fourth-order valence-corrected chi connectivity index (χ4v) is 1.74. The molecule has 1 aromatic rings. The zero-order chi connectivity index (χ0) is 12.2. The van der Waals surface area contributed by atoms with Crippen LogP contribution in [0.3, 0.4) is 0 Å². The van der Waals surface area contributed by atoms with Crippen LogP contribution in [0.1, 0.15) is 20.3 Å². The van der Waals surface area contributed by atoms with Gasteiger partial charge < -0.3 is 10.1 Å². The van der Waals surface area contributed by atoms with E-state index in [1.54, 1.807) is 7.11 Å². The lowest BCUT2D eigenvalue weighted by atomic mass is 10.0. The smallest absolute Gasteiger partial charge is 0.227 e. The second-order valence-electron chi connectivity index (χ2n) is 4.17. The fraction of sp³-hybridized carbons (Fsp3) is 0.417. The molecule has 3 nitrogen and oxygen atoms in total. The topological polar surface area (TPSA) is 38.3 Å². The minimum atomic E-state index is -0.426. The summed E-state index contributed by atoms with van der Waals surface area (Å²) in [5.41, 5.74) is 0.421. The molecule has 0 unspecified atom stereocenters. The van der Waals surface area contributed by atoms with Crippen LogP contribution in [0.4, 0.5) is 5.69 Å². The number of carbonyl (C=O) groups is 1. The van der Waals surface area contributed by atoms with Crippen LogP contribution in [0, 0.1) is 3.57 Å². The third kappa shape index (κ3) is 4.09. The first-order valence-electron chi connectivity index (χ1n) is 5.04. The zero-order valence-corrected chi connectivity index (χ0v) is 11.9. The molecule has 16 heavy (non-hydrogen) atoms. The van der Waals surface area contributed by atoms with E-state index in [1.807, 2.05) is 38.1 Å². The summed E-state index contributed by atoms with van der Waals surface area (Å²) in [6.07, 6.45) is 0.342. The van der Waals surface area contributed by atoms with E-state index in [1.165, 1.54) is 0 Å². The van der Waals surface area contributed by atoms with E-state index in [0.717, 1.165) is 9.26 Å². The van der Waals surface area contributed by atoms with Gasteiger partial charge in [-0.05, 0) is 48.6 Å². The van der Waals surface area contributed by atoms with Crippen molar-refractivity contribution in [2.24, 2.45) is 0 Å². The molecule has 0 spiro atoms. The Morgan fingerprint density at radius 1 is 1.44 bits per heavy atom. The monoisotopic (exact) mass is 333 g/mol. The number of hydrogen-bond acceptors (Lipinski definition) is 2. The van der Waals surface area contributed by atoms with E-state index in [-0.39, 0.29) is 5.91 Å².